The van der Waals surface area contributed by atoms with Crippen molar-refractivity contribution in [1.29, 1.82) is 0 Å². The van der Waals surface area contributed by atoms with Crippen LogP contribution in [0.1, 0.15) is 39.4 Å². The summed E-state index contributed by atoms with van der Waals surface area (Å²) in [6.07, 6.45) is -1.56. The van der Waals surface area contributed by atoms with Gasteiger partial charge in [-0.3, -0.25) is 0 Å². The molecule has 1 aromatic rings. The number of alkyl halides is 3. The molecule has 0 radical (unpaired) electrons. The van der Waals surface area contributed by atoms with Crippen LogP contribution >= 0.6 is 0 Å². The van der Waals surface area contributed by atoms with Gasteiger partial charge < -0.3 is 14.8 Å². The number of ether oxygens (including phenoxy) is 2. The lowest BCUT2D eigenvalue weighted by atomic mass is 9.81. The Labute approximate surface area is 137 Å². The Hall–Kier alpha value is -2.06. The summed E-state index contributed by atoms with van der Waals surface area (Å²) >= 11 is 0. The van der Waals surface area contributed by atoms with E-state index in [1.54, 1.807) is 20.8 Å². The Morgan fingerprint density at radius 2 is 1.83 bits per heavy atom. The van der Waals surface area contributed by atoms with E-state index in [1.165, 1.54) is 0 Å². The number of amides is 1. The minimum atomic E-state index is -4.56. The maximum absolute atomic E-state index is 12.3. The first-order chi connectivity index (χ1) is 11.0. The number of alkyl carbamates (subject to hydrolysis) is 1. The van der Waals surface area contributed by atoms with Gasteiger partial charge in [-0.15, -0.1) is 0 Å². The molecule has 0 spiro atoms. The molecule has 0 aliphatic heterocycles. The molecule has 9 heteroatoms. The second-order valence-corrected chi connectivity index (χ2v) is 6.73. The number of carbonyl (C=O) groups excluding carboxylic acids is 1. The third kappa shape index (κ3) is 5.54. The third-order valence-electron chi connectivity index (χ3n) is 3.32. The van der Waals surface area contributed by atoms with Crippen molar-refractivity contribution in [3.8, 4) is 5.75 Å². The van der Waals surface area contributed by atoms with Gasteiger partial charge in [-0.25, -0.2) is 14.8 Å². The Balaban J connectivity index is 1.68. The summed E-state index contributed by atoms with van der Waals surface area (Å²) < 4.78 is 47.5. The van der Waals surface area contributed by atoms with E-state index in [2.05, 4.69) is 15.3 Å². The van der Waals surface area contributed by atoms with Crippen LogP contribution in [0.5, 0.6) is 5.75 Å². The lowest BCUT2D eigenvalue weighted by Crippen LogP contribution is -2.47. The summed E-state index contributed by atoms with van der Waals surface area (Å²) in [4.78, 5) is 18.0. The van der Waals surface area contributed by atoms with Gasteiger partial charge in [0.15, 0.2) is 5.75 Å². The van der Waals surface area contributed by atoms with Gasteiger partial charge in [0.25, 0.3) is 0 Å². The highest BCUT2D eigenvalue weighted by Crippen LogP contribution is 2.29. The minimum absolute atomic E-state index is 0.0253. The second-order valence-electron chi connectivity index (χ2n) is 6.73. The molecule has 134 valence electrons. The van der Waals surface area contributed by atoms with Gasteiger partial charge in [0.05, 0.1) is 19.0 Å². The molecule has 1 N–H and O–H groups in total. The van der Waals surface area contributed by atoms with Gasteiger partial charge >= 0.3 is 12.3 Å². The molecule has 0 unspecified atom stereocenters. The van der Waals surface area contributed by atoms with E-state index in [-0.39, 0.29) is 17.7 Å². The van der Waals surface area contributed by atoms with Crippen molar-refractivity contribution in [2.75, 3.05) is 6.61 Å². The lowest BCUT2D eigenvalue weighted by molar-refractivity contribution is -0.145. The standard InChI is InChI=1S/C15H20F3N3O3/c1-14(2,3)24-13(22)21-10-4-9(5-10)8-23-11-6-19-12(20-7-11)15(16,17)18/h6-7,9-10H,4-5,8H2,1-3H3,(H,21,22). The molecule has 0 bridgehead atoms. The van der Waals surface area contributed by atoms with Crippen LogP contribution in [0.15, 0.2) is 12.4 Å². The summed E-state index contributed by atoms with van der Waals surface area (Å²) in [5.41, 5.74) is -0.543. The number of carbonyl (C=O) groups is 1. The fourth-order valence-electron chi connectivity index (χ4n) is 2.22. The molecule has 1 aliphatic carbocycles. The molecule has 6 nitrogen and oxygen atoms in total. The number of nitrogens with zero attached hydrogens (tertiary/aromatic N) is 2. The summed E-state index contributed by atoms with van der Waals surface area (Å²) in [6, 6.07) is 0.0253. The molecule has 1 aliphatic rings. The average Bonchev–Trinajstić information content (AvgIpc) is 2.38. The number of nitrogens with one attached hydrogen (secondary N) is 1. The Morgan fingerprint density at radius 3 is 2.33 bits per heavy atom. The van der Waals surface area contributed by atoms with Gasteiger partial charge in [-0.1, -0.05) is 0 Å². The minimum Gasteiger partial charge on any atom is -0.490 e. The summed E-state index contributed by atoms with van der Waals surface area (Å²) in [5, 5.41) is 2.76. The van der Waals surface area contributed by atoms with Crippen molar-refractivity contribution >= 4 is 6.09 Å². The van der Waals surface area contributed by atoms with Gasteiger partial charge in [-0.05, 0) is 39.5 Å². The molecule has 1 amide bonds. The first kappa shape index (κ1) is 18.3. The van der Waals surface area contributed by atoms with Crippen LogP contribution in [0.3, 0.4) is 0 Å². The van der Waals surface area contributed by atoms with Crippen LogP contribution in [0.4, 0.5) is 18.0 Å². The van der Waals surface area contributed by atoms with Crippen LogP contribution in [-0.4, -0.2) is 34.3 Å². The predicted octanol–water partition coefficient (Wildman–Crippen LogP) is 3.18. The number of halogens is 3. The summed E-state index contributed by atoms with van der Waals surface area (Å²) in [5.74, 6) is -0.793. The molecule has 2 rings (SSSR count). The predicted molar refractivity (Wildman–Crippen MR) is 78.4 cm³/mol. The van der Waals surface area contributed by atoms with E-state index in [4.69, 9.17) is 9.47 Å². The van der Waals surface area contributed by atoms with Crippen LogP contribution in [0, 0.1) is 5.92 Å². The van der Waals surface area contributed by atoms with Crippen molar-refractivity contribution in [3.63, 3.8) is 0 Å². The molecular formula is C15H20F3N3O3. The van der Waals surface area contributed by atoms with E-state index in [1.807, 2.05) is 0 Å². The number of rotatable bonds is 4. The van der Waals surface area contributed by atoms with E-state index in [0.29, 0.717) is 6.61 Å². The number of hydrogen-bond donors (Lipinski definition) is 1. The van der Waals surface area contributed by atoms with Crippen molar-refractivity contribution in [3.05, 3.63) is 18.2 Å². The Morgan fingerprint density at radius 1 is 1.25 bits per heavy atom. The highest BCUT2D eigenvalue weighted by Gasteiger charge is 2.35. The maximum atomic E-state index is 12.3. The smallest absolute Gasteiger partial charge is 0.451 e. The molecular weight excluding hydrogens is 327 g/mol. The molecule has 1 heterocycles. The zero-order valence-electron chi connectivity index (χ0n) is 13.7. The first-order valence-corrected chi connectivity index (χ1v) is 7.54. The zero-order valence-corrected chi connectivity index (χ0v) is 13.7. The molecule has 24 heavy (non-hydrogen) atoms. The highest BCUT2D eigenvalue weighted by atomic mass is 19.4. The van der Waals surface area contributed by atoms with Crippen LogP contribution < -0.4 is 10.1 Å². The zero-order chi connectivity index (χ0) is 18.0. The molecule has 1 fully saturated rings. The van der Waals surface area contributed by atoms with Gasteiger partial charge in [0.2, 0.25) is 5.82 Å². The second kappa shape index (κ2) is 6.82. The van der Waals surface area contributed by atoms with Crippen LogP contribution in [0.25, 0.3) is 0 Å². The van der Waals surface area contributed by atoms with Gasteiger partial charge in [0.1, 0.15) is 5.60 Å². The van der Waals surface area contributed by atoms with E-state index < -0.39 is 23.7 Å². The van der Waals surface area contributed by atoms with Gasteiger partial charge in [-0.2, -0.15) is 13.2 Å². The van der Waals surface area contributed by atoms with Crippen molar-refractivity contribution in [2.24, 2.45) is 5.92 Å². The monoisotopic (exact) mass is 347 g/mol. The summed E-state index contributed by atoms with van der Waals surface area (Å²) in [7, 11) is 0. The van der Waals surface area contributed by atoms with E-state index >= 15 is 0 Å². The number of aromatic nitrogens is 2. The lowest BCUT2D eigenvalue weighted by Gasteiger charge is -2.35. The fourth-order valence-corrected chi connectivity index (χ4v) is 2.22. The average molecular weight is 347 g/mol. The van der Waals surface area contributed by atoms with E-state index in [9.17, 15) is 18.0 Å². The molecule has 1 aromatic heterocycles. The normalized spacial score (nSPS) is 20.9. The Kier molecular flexibility index (Phi) is 5.19. The molecule has 1 saturated carbocycles. The van der Waals surface area contributed by atoms with Gasteiger partial charge in [0, 0.05) is 6.04 Å². The van der Waals surface area contributed by atoms with Crippen LogP contribution in [-0.2, 0) is 10.9 Å². The first-order valence-electron chi connectivity index (χ1n) is 7.54. The molecule has 0 saturated heterocycles. The quantitative estimate of drug-likeness (QED) is 0.906. The van der Waals surface area contributed by atoms with Crippen molar-refractivity contribution in [2.45, 2.75) is 51.4 Å². The molecule has 0 atom stereocenters. The highest BCUT2D eigenvalue weighted by molar-refractivity contribution is 5.68. The molecule has 0 aromatic carbocycles. The maximum Gasteiger partial charge on any atom is 0.451 e. The SMILES string of the molecule is CC(C)(C)OC(=O)NC1CC(COc2cnc(C(F)(F)F)nc2)C1. The van der Waals surface area contributed by atoms with Crippen LogP contribution in [0.2, 0.25) is 0 Å². The summed E-state index contributed by atoms with van der Waals surface area (Å²) in [6.45, 7) is 5.70. The van der Waals surface area contributed by atoms with E-state index in [0.717, 1.165) is 25.2 Å². The topological polar surface area (TPSA) is 73.3 Å². The van der Waals surface area contributed by atoms with Crippen molar-refractivity contribution < 1.29 is 27.4 Å². The third-order valence-corrected chi connectivity index (χ3v) is 3.32. The van der Waals surface area contributed by atoms with Crippen molar-refractivity contribution in [1.82, 2.24) is 15.3 Å². The Bertz CT molecular complexity index is 564. The largest absolute Gasteiger partial charge is 0.490 e. The number of hydrogen-bond acceptors (Lipinski definition) is 5. The fraction of sp³-hybridized carbons (Fsp3) is 0.667.